The van der Waals surface area contributed by atoms with Gasteiger partial charge in [0.05, 0.1) is 0 Å². The Bertz CT molecular complexity index is 612. The van der Waals surface area contributed by atoms with Gasteiger partial charge in [0.25, 0.3) is 0 Å². The minimum atomic E-state index is -2.91. The Morgan fingerprint density at radius 1 is 0.526 bits per heavy atom. The molecule has 0 amide bonds. The largest absolute Gasteiger partial charge is 0.481 e. The minimum absolute atomic E-state index is 0.00501. The molecule has 0 saturated carbocycles. The predicted octanol–water partition coefficient (Wildman–Crippen LogP) is 8.58. The Kier molecular flexibility index (Phi) is 19.7. The van der Waals surface area contributed by atoms with E-state index >= 15 is 0 Å². The molecule has 0 rings (SSSR count). The van der Waals surface area contributed by atoms with Crippen LogP contribution in [-0.4, -0.2) is 38.6 Å². The second kappa shape index (κ2) is 20.5. The molecular formula is C32H60O6. The van der Waals surface area contributed by atoms with Crippen molar-refractivity contribution in [2.24, 2.45) is 17.3 Å². The van der Waals surface area contributed by atoms with Crippen LogP contribution < -0.4 is 0 Å². The molecule has 0 radical (unpaired) electrons. The Balaban J connectivity index is 4.80. The molecule has 0 heterocycles. The number of aliphatic hydroxyl groups is 1. The van der Waals surface area contributed by atoms with Crippen LogP contribution in [0.2, 0.25) is 0 Å². The van der Waals surface area contributed by atoms with E-state index in [0.717, 1.165) is 70.1 Å². The van der Waals surface area contributed by atoms with Crippen LogP contribution in [0.5, 0.6) is 0 Å². The molecule has 38 heavy (non-hydrogen) atoms. The number of hydrogen-bond acceptors (Lipinski definition) is 4. The molecule has 0 bridgehead atoms. The number of carboxylic acids is 2. The van der Waals surface area contributed by atoms with Crippen molar-refractivity contribution >= 4 is 17.7 Å². The SMILES string of the molecule is CC(=O)C(O)(C(=O)O)C(CCCCCCCCCCC(C)C)(CCCCCCCCCCC(C)C)C(=O)O. The number of carbonyl (C=O) groups excluding carboxylic acids is 1. The number of aliphatic carboxylic acids is 2. The third-order valence-electron chi connectivity index (χ3n) is 8.19. The summed E-state index contributed by atoms with van der Waals surface area (Å²) in [5.41, 5.74) is -4.91. The lowest BCUT2D eigenvalue weighted by atomic mass is 9.63. The summed E-state index contributed by atoms with van der Waals surface area (Å²) in [6, 6.07) is 0. The molecule has 0 aliphatic carbocycles. The lowest BCUT2D eigenvalue weighted by molar-refractivity contribution is -0.194. The van der Waals surface area contributed by atoms with Gasteiger partial charge in [-0.3, -0.25) is 9.59 Å². The van der Waals surface area contributed by atoms with Crippen molar-refractivity contribution in [3.05, 3.63) is 0 Å². The average molecular weight is 541 g/mol. The van der Waals surface area contributed by atoms with E-state index in [1.807, 2.05) is 0 Å². The molecule has 6 heteroatoms. The first-order valence-electron chi connectivity index (χ1n) is 15.6. The molecule has 6 nitrogen and oxygen atoms in total. The van der Waals surface area contributed by atoms with E-state index in [4.69, 9.17) is 0 Å². The number of carbonyl (C=O) groups is 3. The molecule has 0 aromatic heterocycles. The number of hydrogen-bond donors (Lipinski definition) is 3. The van der Waals surface area contributed by atoms with Crippen LogP contribution in [0.25, 0.3) is 0 Å². The molecule has 0 aromatic carbocycles. The maximum atomic E-state index is 12.5. The van der Waals surface area contributed by atoms with Gasteiger partial charge in [0, 0.05) is 0 Å². The lowest BCUT2D eigenvalue weighted by Gasteiger charge is -2.40. The number of ketones is 1. The van der Waals surface area contributed by atoms with E-state index < -0.39 is 28.7 Å². The second-order valence-electron chi connectivity index (χ2n) is 12.5. The van der Waals surface area contributed by atoms with Gasteiger partial charge < -0.3 is 15.3 Å². The zero-order valence-electron chi connectivity index (χ0n) is 25.4. The lowest BCUT2D eigenvalue weighted by Crippen LogP contribution is -2.62. The summed E-state index contributed by atoms with van der Waals surface area (Å²) < 4.78 is 0. The molecule has 0 saturated heterocycles. The third-order valence-corrected chi connectivity index (χ3v) is 8.19. The van der Waals surface area contributed by atoms with Crippen molar-refractivity contribution in [2.45, 2.75) is 169 Å². The number of unbranched alkanes of at least 4 members (excludes halogenated alkanes) is 14. The van der Waals surface area contributed by atoms with Gasteiger partial charge in [-0.05, 0) is 31.6 Å². The first kappa shape index (κ1) is 36.6. The molecule has 0 spiro atoms. The van der Waals surface area contributed by atoms with Gasteiger partial charge in [0.15, 0.2) is 5.78 Å². The van der Waals surface area contributed by atoms with E-state index in [-0.39, 0.29) is 12.8 Å². The predicted molar refractivity (Wildman–Crippen MR) is 155 cm³/mol. The van der Waals surface area contributed by atoms with Crippen LogP contribution in [-0.2, 0) is 14.4 Å². The van der Waals surface area contributed by atoms with E-state index in [1.165, 1.54) is 51.4 Å². The first-order valence-corrected chi connectivity index (χ1v) is 15.6. The highest BCUT2D eigenvalue weighted by Crippen LogP contribution is 2.43. The summed E-state index contributed by atoms with van der Waals surface area (Å²) in [5.74, 6) is -2.65. The van der Waals surface area contributed by atoms with Crippen molar-refractivity contribution in [1.29, 1.82) is 0 Å². The average Bonchev–Trinajstić information content (AvgIpc) is 2.83. The topological polar surface area (TPSA) is 112 Å². The Morgan fingerprint density at radius 2 is 0.816 bits per heavy atom. The van der Waals surface area contributed by atoms with Crippen LogP contribution in [0.3, 0.4) is 0 Å². The fraction of sp³-hybridized carbons (Fsp3) is 0.906. The summed E-state index contributed by atoms with van der Waals surface area (Å²) >= 11 is 0. The molecule has 0 aromatic rings. The summed E-state index contributed by atoms with van der Waals surface area (Å²) in [4.78, 5) is 37.0. The van der Waals surface area contributed by atoms with E-state index in [9.17, 15) is 29.7 Å². The van der Waals surface area contributed by atoms with Gasteiger partial charge in [0.2, 0.25) is 5.60 Å². The highest BCUT2D eigenvalue weighted by atomic mass is 16.4. The van der Waals surface area contributed by atoms with Crippen molar-refractivity contribution in [3.63, 3.8) is 0 Å². The Hall–Kier alpha value is -1.43. The molecule has 1 unspecified atom stereocenters. The van der Waals surface area contributed by atoms with Crippen LogP contribution in [0.1, 0.15) is 163 Å². The van der Waals surface area contributed by atoms with Crippen molar-refractivity contribution in [1.82, 2.24) is 0 Å². The fourth-order valence-electron chi connectivity index (χ4n) is 5.63. The maximum absolute atomic E-state index is 12.5. The van der Waals surface area contributed by atoms with Crippen LogP contribution in [0.15, 0.2) is 0 Å². The molecule has 0 aliphatic heterocycles. The number of carboxylic acid groups (broad SMARTS) is 2. The molecular weight excluding hydrogens is 480 g/mol. The van der Waals surface area contributed by atoms with Crippen molar-refractivity contribution in [3.8, 4) is 0 Å². The number of Topliss-reactive ketones (excluding diaryl/α,β-unsaturated/α-hetero) is 1. The molecule has 224 valence electrons. The maximum Gasteiger partial charge on any atom is 0.344 e. The smallest absolute Gasteiger partial charge is 0.344 e. The third kappa shape index (κ3) is 13.6. The van der Waals surface area contributed by atoms with E-state index in [1.54, 1.807) is 0 Å². The zero-order valence-corrected chi connectivity index (χ0v) is 25.4. The van der Waals surface area contributed by atoms with E-state index in [0.29, 0.717) is 12.8 Å². The number of rotatable bonds is 26. The Labute approximate surface area is 233 Å². The quantitative estimate of drug-likeness (QED) is 0.0748. The Morgan fingerprint density at radius 3 is 1.05 bits per heavy atom. The van der Waals surface area contributed by atoms with Crippen LogP contribution in [0.4, 0.5) is 0 Å². The van der Waals surface area contributed by atoms with Crippen molar-refractivity contribution in [2.75, 3.05) is 0 Å². The monoisotopic (exact) mass is 540 g/mol. The highest BCUT2D eigenvalue weighted by Gasteiger charge is 2.63. The summed E-state index contributed by atoms with van der Waals surface area (Å²) in [6.45, 7) is 9.96. The molecule has 3 N–H and O–H groups in total. The van der Waals surface area contributed by atoms with Gasteiger partial charge >= 0.3 is 11.9 Å². The van der Waals surface area contributed by atoms with E-state index in [2.05, 4.69) is 27.7 Å². The zero-order chi connectivity index (χ0) is 29.0. The molecule has 0 aliphatic rings. The van der Waals surface area contributed by atoms with Gasteiger partial charge in [0.1, 0.15) is 5.41 Å². The van der Waals surface area contributed by atoms with Crippen LogP contribution >= 0.6 is 0 Å². The summed E-state index contributed by atoms with van der Waals surface area (Å²) in [7, 11) is 0. The highest BCUT2D eigenvalue weighted by molar-refractivity contribution is 6.10. The second-order valence-corrected chi connectivity index (χ2v) is 12.5. The summed E-state index contributed by atoms with van der Waals surface area (Å²) in [6.07, 6.45) is 18.7. The minimum Gasteiger partial charge on any atom is -0.481 e. The first-order chi connectivity index (χ1) is 17.9. The van der Waals surface area contributed by atoms with Gasteiger partial charge in [-0.25, -0.2) is 4.79 Å². The summed E-state index contributed by atoms with van der Waals surface area (Å²) in [5, 5.41) is 31.1. The molecule has 1 atom stereocenters. The molecule has 0 fully saturated rings. The standard InChI is InChI=1S/C32H60O6/c1-26(2)22-18-14-10-6-8-12-16-20-24-31(29(34)35,32(38,28(5)33)30(36)37)25-21-17-13-9-7-11-15-19-23-27(3)4/h26-27,38H,6-25H2,1-5H3,(H,34,35)(H,36,37). The fourth-order valence-corrected chi connectivity index (χ4v) is 5.63. The van der Waals surface area contributed by atoms with Gasteiger partial charge in [-0.15, -0.1) is 0 Å². The van der Waals surface area contributed by atoms with Gasteiger partial charge in [-0.1, -0.05) is 143 Å². The normalized spacial score (nSPS) is 13.7. The van der Waals surface area contributed by atoms with Crippen LogP contribution in [0, 0.1) is 17.3 Å². The van der Waals surface area contributed by atoms with Crippen molar-refractivity contribution < 1.29 is 29.7 Å². The van der Waals surface area contributed by atoms with Gasteiger partial charge in [-0.2, -0.15) is 0 Å².